The molecule has 0 spiro atoms. The number of para-hydroxylation sites is 6. The van der Waals surface area contributed by atoms with Gasteiger partial charge in [0.2, 0.25) is 0 Å². The monoisotopic (exact) mass is 400 g/mol. The summed E-state index contributed by atoms with van der Waals surface area (Å²) in [5.74, 6) is 1.24. The molecule has 1 aliphatic rings. The first kappa shape index (κ1) is 15.5. The Labute approximate surface area is 147 Å². The molecular weight excluding hydrogens is 385 g/mol. The second kappa shape index (κ2) is 6.14. The van der Waals surface area contributed by atoms with Crippen LogP contribution < -0.4 is 15.1 Å². The molecule has 126 valence electrons. The SMILES string of the molecule is Oc1ccccc1[O][Ge]1([O]c2ccccc2O)[O]c2ccccc2[O]1. The second-order valence-corrected chi connectivity index (χ2v) is 9.10. The van der Waals surface area contributed by atoms with Crippen LogP contribution in [0.2, 0.25) is 0 Å². The van der Waals surface area contributed by atoms with Gasteiger partial charge in [-0.3, -0.25) is 0 Å². The number of fused-ring (bicyclic) bond motifs is 1. The van der Waals surface area contributed by atoms with Crippen molar-refractivity contribution in [1.29, 1.82) is 0 Å². The zero-order chi connectivity index (χ0) is 17.3. The number of benzene rings is 3. The third-order valence-electron chi connectivity index (χ3n) is 3.52. The van der Waals surface area contributed by atoms with Crippen molar-refractivity contribution in [3.05, 3.63) is 72.8 Å². The Kier molecular flexibility index (Phi) is 3.81. The molecule has 0 aromatic heterocycles. The van der Waals surface area contributed by atoms with Crippen molar-refractivity contribution in [3.63, 3.8) is 0 Å². The molecule has 0 atom stereocenters. The zero-order valence-electron chi connectivity index (χ0n) is 13.0. The number of hydrogen-bond acceptors (Lipinski definition) is 6. The summed E-state index contributed by atoms with van der Waals surface area (Å²) in [6.45, 7) is 0. The fraction of sp³-hybridized carbons (Fsp3) is 0. The van der Waals surface area contributed by atoms with Gasteiger partial charge in [0.05, 0.1) is 0 Å². The summed E-state index contributed by atoms with van der Waals surface area (Å²) in [4.78, 5) is 0. The molecule has 1 heterocycles. The molecule has 7 heteroatoms. The molecule has 0 radical (unpaired) electrons. The Bertz CT molecular complexity index is 839. The second-order valence-electron chi connectivity index (χ2n) is 5.29. The Morgan fingerprint density at radius 1 is 0.600 bits per heavy atom. The number of hydrogen-bond donors (Lipinski definition) is 2. The molecule has 1 aliphatic heterocycles. The predicted molar refractivity (Wildman–Crippen MR) is 90.9 cm³/mol. The maximum atomic E-state index is 10.0. The third-order valence-corrected chi connectivity index (χ3v) is 7.46. The first-order valence-corrected chi connectivity index (χ1v) is 11.0. The number of phenolic OH excluding ortho intramolecular Hbond substituents is 2. The van der Waals surface area contributed by atoms with E-state index < -0.39 is 14.6 Å². The van der Waals surface area contributed by atoms with E-state index in [9.17, 15) is 10.2 Å². The van der Waals surface area contributed by atoms with Gasteiger partial charge >= 0.3 is 147 Å². The molecule has 0 fully saturated rings. The fourth-order valence-corrected chi connectivity index (χ4v) is 6.59. The molecule has 25 heavy (non-hydrogen) atoms. The van der Waals surface area contributed by atoms with E-state index in [2.05, 4.69) is 0 Å². The average Bonchev–Trinajstić information content (AvgIpc) is 2.97. The maximum absolute atomic E-state index is 10.0. The molecule has 4 rings (SSSR count). The van der Waals surface area contributed by atoms with Gasteiger partial charge in [-0.2, -0.15) is 0 Å². The summed E-state index contributed by atoms with van der Waals surface area (Å²) in [6, 6.07) is 20.0. The Hall–Kier alpha value is -3.00. The van der Waals surface area contributed by atoms with Crippen LogP contribution >= 0.6 is 0 Å². The Balaban J connectivity index is 1.72. The van der Waals surface area contributed by atoms with E-state index in [4.69, 9.17) is 15.1 Å². The van der Waals surface area contributed by atoms with Gasteiger partial charge in [0.15, 0.2) is 0 Å². The van der Waals surface area contributed by atoms with Crippen molar-refractivity contribution in [3.8, 4) is 34.5 Å². The first-order chi connectivity index (χ1) is 12.2. The number of rotatable bonds is 4. The molecule has 0 bridgehead atoms. The van der Waals surface area contributed by atoms with Crippen molar-refractivity contribution in [2.75, 3.05) is 0 Å². The number of aromatic hydroxyl groups is 2. The molecule has 3 aromatic carbocycles. The summed E-state index contributed by atoms with van der Waals surface area (Å²) in [7, 11) is 0. The van der Waals surface area contributed by atoms with Crippen LogP contribution in [-0.2, 0) is 0 Å². The van der Waals surface area contributed by atoms with E-state index in [0.717, 1.165) is 0 Å². The summed E-state index contributed by atoms with van der Waals surface area (Å²) < 4.78 is 23.6. The van der Waals surface area contributed by atoms with Crippen LogP contribution in [0.3, 0.4) is 0 Å². The van der Waals surface area contributed by atoms with E-state index >= 15 is 0 Å². The van der Waals surface area contributed by atoms with Crippen LogP contribution in [0.15, 0.2) is 72.8 Å². The summed E-state index contributed by atoms with van der Waals surface area (Å²) >= 11 is -4.42. The van der Waals surface area contributed by atoms with E-state index in [1.165, 1.54) is 12.1 Å². The minimum absolute atomic E-state index is 0.0588. The van der Waals surface area contributed by atoms with Gasteiger partial charge in [0.25, 0.3) is 0 Å². The van der Waals surface area contributed by atoms with Gasteiger partial charge in [0.1, 0.15) is 0 Å². The minimum atomic E-state index is -4.42. The third kappa shape index (κ3) is 3.03. The molecule has 0 aliphatic carbocycles. The standard InChI is InChI=1S/C18H14GeO6/c20-13-7-1-3-9-15(13)22-19(23-16-10-4-2-8-14(16)21)24-17-11-5-6-12-18(17)25-19/h1-12,20-21H. The van der Waals surface area contributed by atoms with Crippen molar-refractivity contribution < 1.29 is 25.3 Å². The van der Waals surface area contributed by atoms with Crippen LogP contribution in [0.5, 0.6) is 34.5 Å². The molecular formula is C18H14GeO6. The quantitative estimate of drug-likeness (QED) is 0.655. The van der Waals surface area contributed by atoms with Crippen molar-refractivity contribution in [2.45, 2.75) is 0 Å². The van der Waals surface area contributed by atoms with E-state index in [0.29, 0.717) is 11.5 Å². The molecule has 0 unspecified atom stereocenters. The fourth-order valence-electron chi connectivity index (χ4n) is 2.37. The summed E-state index contributed by atoms with van der Waals surface area (Å²) in [5.41, 5.74) is 0. The summed E-state index contributed by atoms with van der Waals surface area (Å²) in [5, 5.41) is 20.0. The predicted octanol–water partition coefficient (Wildman–Crippen LogP) is 3.46. The average molecular weight is 399 g/mol. The van der Waals surface area contributed by atoms with Crippen LogP contribution in [0.25, 0.3) is 0 Å². The molecule has 0 saturated heterocycles. The zero-order valence-corrected chi connectivity index (χ0v) is 15.1. The van der Waals surface area contributed by atoms with Gasteiger partial charge in [0, 0.05) is 0 Å². The van der Waals surface area contributed by atoms with Gasteiger partial charge < -0.3 is 0 Å². The molecule has 2 N–H and O–H groups in total. The van der Waals surface area contributed by atoms with Crippen molar-refractivity contribution in [2.24, 2.45) is 0 Å². The van der Waals surface area contributed by atoms with Gasteiger partial charge in [-0.25, -0.2) is 0 Å². The van der Waals surface area contributed by atoms with Crippen LogP contribution in [-0.4, -0.2) is 24.8 Å². The normalized spacial score (nSPS) is 14.1. The Morgan fingerprint density at radius 3 is 1.44 bits per heavy atom. The van der Waals surface area contributed by atoms with Crippen molar-refractivity contribution in [1.82, 2.24) is 0 Å². The van der Waals surface area contributed by atoms with Crippen LogP contribution in [0.4, 0.5) is 0 Å². The topological polar surface area (TPSA) is 77.4 Å². The molecule has 0 amide bonds. The van der Waals surface area contributed by atoms with E-state index in [1.54, 1.807) is 60.7 Å². The van der Waals surface area contributed by atoms with E-state index in [1.807, 2.05) is 0 Å². The van der Waals surface area contributed by atoms with Gasteiger partial charge in [-0.15, -0.1) is 0 Å². The van der Waals surface area contributed by atoms with Crippen LogP contribution in [0.1, 0.15) is 0 Å². The van der Waals surface area contributed by atoms with Crippen LogP contribution in [0, 0.1) is 0 Å². The van der Waals surface area contributed by atoms with E-state index in [-0.39, 0.29) is 23.0 Å². The van der Waals surface area contributed by atoms with Gasteiger partial charge in [-0.1, -0.05) is 0 Å². The van der Waals surface area contributed by atoms with Gasteiger partial charge in [-0.05, 0) is 0 Å². The first-order valence-electron chi connectivity index (χ1n) is 7.56. The molecule has 0 saturated carbocycles. The van der Waals surface area contributed by atoms with Crippen molar-refractivity contribution >= 4 is 14.6 Å². The number of phenols is 2. The Morgan fingerprint density at radius 2 is 1.00 bits per heavy atom. The summed E-state index contributed by atoms with van der Waals surface area (Å²) in [6.07, 6.45) is 0. The molecule has 3 aromatic rings. The molecule has 6 nitrogen and oxygen atoms in total.